The predicted octanol–water partition coefficient (Wildman–Crippen LogP) is 4.15. The third-order valence-electron chi connectivity index (χ3n) is 5.34. The Hall–Kier alpha value is -3.02. The fourth-order valence-corrected chi connectivity index (χ4v) is 3.70. The summed E-state index contributed by atoms with van der Waals surface area (Å²) in [6.45, 7) is 5.05. The fourth-order valence-electron chi connectivity index (χ4n) is 3.70. The summed E-state index contributed by atoms with van der Waals surface area (Å²) in [5, 5.41) is 0. The van der Waals surface area contributed by atoms with Gasteiger partial charge in [-0.15, -0.1) is 0 Å². The highest BCUT2D eigenvalue weighted by atomic mass is 16.5. The fraction of sp³-hybridized carbons (Fsp3) is 0.417. The van der Waals surface area contributed by atoms with Gasteiger partial charge in [0.15, 0.2) is 0 Å². The Morgan fingerprint density at radius 1 is 1.03 bits per heavy atom. The number of aryl methyl sites for hydroxylation is 1. The van der Waals surface area contributed by atoms with E-state index in [9.17, 15) is 9.59 Å². The van der Waals surface area contributed by atoms with Gasteiger partial charge in [-0.1, -0.05) is 25.1 Å². The van der Waals surface area contributed by atoms with Gasteiger partial charge < -0.3 is 19.1 Å². The summed E-state index contributed by atoms with van der Waals surface area (Å²) in [4.78, 5) is 27.4. The second kappa shape index (κ2) is 10.1. The lowest BCUT2D eigenvalue weighted by molar-refractivity contribution is -0.144. The summed E-state index contributed by atoms with van der Waals surface area (Å²) in [6, 6.07) is 12.8. The molecule has 1 heterocycles. The Balaban J connectivity index is 1.81. The van der Waals surface area contributed by atoms with E-state index in [0.717, 1.165) is 35.4 Å². The molecule has 1 atom stereocenters. The van der Waals surface area contributed by atoms with Crippen molar-refractivity contribution in [1.29, 1.82) is 0 Å². The number of carbonyl (C=O) groups excluding carboxylic acids is 2. The van der Waals surface area contributed by atoms with E-state index in [-0.39, 0.29) is 18.6 Å². The topological polar surface area (TPSA) is 65.1 Å². The number of methoxy groups -OCH3 is 1. The third-order valence-corrected chi connectivity index (χ3v) is 5.34. The molecule has 6 nitrogen and oxygen atoms in total. The first kappa shape index (κ1) is 21.7. The number of carbonyl (C=O) groups is 2. The van der Waals surface area contributed by atoms with Crippen molar-refractivity contribution < 1.29 is 23.8 Å². The average molecular weight is 411 g/mol. The zero-order valence-corrected chi connectivity index (χ0v) is 17.8. The van der Waals surface area contributed by atoms with Crippen LogP contribution >= 0.6 is 0 Å². The van der Waals surface area contributed by atoms with Crippen LogP contribution in [0, 0.1) is 0 Å². The quantitative estimate of drug-likeness (QED) is 0.608. The number of benzene rings is 2. The molecule has 30 heavy (non-hydrogen) atoms. The molecule has 0 bridgehead atoms. The van der Waals surface area contributed by atoms with Gasteiger partial charge in [0, 0.05) is 6.54 Å². The highest BCUT2D eigenvalue weighted by Crippen LogP contribution is 2.31. The smallest absolute Gasteiger partial charge is 0.340 e. The first-order valence-electron chi connectivity index (χ1n) is 10.4. The van der Waals surface area contributed by atoms with E-state index in [1.165, 1.54) is 0 Å². The summed E-state index contributed by atoms with van der Waals surface area (Å²) in [6.07, 6.45) is 2.40. The molecule has 2 aromatic rings. The van der Waals surface area contributed by atoms with Gasteiger partial charge in [-0.3, -0.25) is 0 Å². The van der Waals surface area contributed by atoms with Crippen molar-refractivity contribution in [3.8, 4) is 5.75 Å². The van der Waals surface area contributed by atoms with Crippen molar-refractivity contribution in [3.05, 3.63) is 59.2 Å². The number of hydrogen-bond acceptors (Lipinski definition) is 6. The molecule has 0 amide bonds. The lowest BCUT2D eigenvalue weighted by Gasteiger charge is -2.27. The van der Waals surface area contributed by atoms with Crippen molar-refractivity contribution in [1.82, 2.24) is 0 Å². The minimum atomic E-state index is -0.398. The largest absolute Gasteiger partial charge is 0.497 e. The van der Waals surface area contributed by atoms with E-state index in [0.29, 0.717) is 25.1 Å². The van der Waals surface area contributed by atoms with Crippen LogP contribution in [-0.4, -0.2) is 38.2 Å². The lowest BCUT2D eigenvalue weighted by Crippen LogP contribution is -2.38. The summed E-state index contributed by atoms with van der Waals surface area (Å²) >= 11 is 0. The number of hydrogen-bond donors (Lipinski definition) is 0. The molecule has 0 unspecified atom stereocenters. The SMILES string of the molecule is CCOC(=O)[C@@H]1CCCN1c1ccc(CC)cc1C(=O)OCc1ccc(OC)cc1. The molecular weight excluding hydrogens is 382 g/mol. The van der Waals surface area contributed by atoms with Gasteiger partial charge >= 0.3 is 11.9 Å². The highest BCUT2D eigenvalue weighted by Gasteiger charge is 2.34. The van der Waals surface area contributed by atoms with Crippen LogP contribution in [0.1, 0.15) is 48.2 Å². The summed E-state index contributed by atoms with van der Waals surface area (Å²) in [7, 11) is 1.61. The normalized spacial score (nSPS) is 15.7. The van der Waals surface area contributed by atoms with Gasteiger partial charge in [0.05, 0.1) is 25.0 Å². The molecule has 1 saturated heterocycles. The number of nitrogens with zero attached hydrogens (tertiary/aromatic N) is 1. The Kier molecular flexibility index (Phi) is 7.33. The van der Waals surface area contributed by atoms with Crippen LogP contribution in [-0.2, 0) is 27.3 Å². The molecule has 3 rings (SSSR count). The molecular formula is C24H29NO5. The maximum absolute atomic E-state index is 13.0. The monoisotopic (exact) mass is 411 g/mol. The van der Waals surface area contributed by atoms with E-state index in [2.05, 4.69) is 0 Å². The third kappa shape index (κ3) is 4.93. The van der Waals surface area contributed by atoms with Gasteiger partial charge in [-0.2, -0.15) is 0 Å². The first-order valence-corrected chi connectivity index (χ1v) is 10.4. The van der Waals surface area contributed by atoms with E-state index >= 15 is 0 Å². The first-order chi connectivity index (χ1) is 14.6. The summed E-state index contributed by atoms with van der Waals surface area (Å²) < 4.78 is 16.0. The van der Waals surface area contributed by atoms with Crippen molar-refractivity contribution in [3.63, 3.8) is 0 Å². The maximum atomic E-state index is 13.0. The molecule has 160 valence electrons. The number of ether oxygens (including phenoxy) is 3. The minimum absolute atomic E-state index is 0.167. The zero-order chi connectivity index (χ0) is 21.5. The number of anilines is 1. The van der Waals surface area contributed by atoms with Crippen LogP contribution in [0.3, 0.4) is 0 Å². The van der Waals surface area contributed by atoms with Crippen molar-refractivity contribution >= 4 is 17.6 Å². The molecule has 0 saturated carbocycles. The molecule has 0 N–H and O–H groups in total. The van der Waals surface area contributed by atoms with Crippen LogP contribution < -0.4 is 9.64 Å². The van der Waals surface area contributed by atoms with Crippen molar-refractivity contribution in [2.24, 2.45) is 0 Å². The Morgan fingerprint density at radius 3 is 2.43 bits per heavy atom. The molecule has 1 aliphatic rings. The van der Waals surface area contributed by atoms with E-state index in [1.807, 2.05) is 54.3 Å². The number of rotatable bonds is 8. The Morgan fingerprint density at radius 2 is 1.77 bits per heavy atom. The standard InChI is InChI=1S/C24H29NO5/c1-4-17-10-13-21(25-14-6-7-22(25)24(27)29-5-2)20(15-17)23(26)30-16-18-8-11-19(28-3)12-9-18/h8-13,15,22H,4-7,14,16H2,1-3H3/t22-/m0/s1. The molecule has 0 radical (unpaired) electrons. The van der Waals surface area contributed by atoms with E-state index in [4.69, 9.17) is 14.2 Å². The van der Waals surface area contributed by atoms with Crippen molar-refractivity contribution in [2.45, 2.75) is 45.8 Å². The van der Waals surface area contributed by atoms with Crippen LogP contribution in [0.25, 0.3) is 0 Å². The average Bonchev–Trinajstić information content (AvgIpc) is 3.27. The second-order valence-electron chi connectivity index (χ2n) is 7.23. The number of esters is 2. The van der Waals surface area contributed by atoms with Gasteiger partial charge in [0.2, 0.25) is 0 Å². The molecule has 2 aromatic carbocycles. The van der Waals surface area contributed by atoms with Crippen LogP contribution in [0.15, 0.2) is 42.5 Å². The second-order valence-corrected chi connectivity index (χ2v) is 7.23. The van der Waals surface area contributed by atoms with E-state index < -0.39 is 5.97 Å². The molecule has 0 aliphatic carbocycles. The van der Waals surface area contributed by atoms with Gasteiger partial charge in [0.25, 0.3) is 0 Å². The van der Waals surface area contributed by atoms with Crippen molar-refractivity contribution in [2.75, 3.05) is 25.2 Å². The summed E-state index contributed by atoms with van der Waals surface area (Å²) in [5.74, 6) is 0.111. The van der Waals surface area contributed by atoms with Crippen LogP contribution in [0.4, 0.5) is 5.69 Å². The molecule has 1 aliphatic heterocycles. The van der Waals surface area contributed by atoms with Gasteiger partial charge in [-0.25, -0.2) is 9.59 Å². The summed E-state index contributed by atoms with van der Waals surface area (Å²) in [5.41, 5.74) is 3.13. The Bertz CT molecular complexity index is 878. The predicted molar refractivity (Wildman–Crippen MR) is 115 cm³/mol. The zero-order valence-electron chi connectivity index (χ0n) is 17.8. The molecule has 1 fully saturated rings. The molecule has 0 aromatic heterocycles. The van der Waals surface area contributed by atoms with Crippen LogP contribution in [0.5, 0.6) is 5.75 Å². The molecule has 6 heteroatoms. The Labute approximate surface area is 177 Å². The van der Waals surface area contributed by atoms with Gasteiger partial charge in [0.1, 0.15) is 18.4 Å². The maximum Gasteiger partial charge on any atom is 0.340 e. The van der Waals surface area contributed by atoms with Gasteiger partial charge in [-0.05, 0) is 61.6 Å². The minimum Gasteiger partial charge on any atom is -0.497 e. The lowest BCUT2D eigenvalue weighted by atomic mass is 10.0. The van der Waals surface area contributed by atoms with E-state index in [1.54, 1.807) is 14.0 Å². The van der Waals surface area contributed by atoms with Crippen LogP contribution in [0.2, 0.25) is 0 Å². The molecule has 0 spiro atoms. The highest BCUT2D eigenvalue weighted by molar-refractivity contribution is 5.97.